The van der Waals surface area contributed by atoms with Crippen LogP contribution in [0.5, 0.6) is 0 Å². The van der Waals surface area contributed by atoms with Gasteiger partial charge in [-0.15, -0.1) is 0 Å². The summed E-state index contributed by atoms with van der Waals surface area (Å²) in [5, 5.41) is 18.3. The lowest BCUT2D eigenvalue weighted by Crippen LogP contribution is -2.29. The van der Waals surface area contributed by atoms with Crippen LogP contribution < -0.4 is 0 Å². The van der Waals surface area contributed by atoms with E-state index >= 15 is 0 Å². The number of unbranched alkanes of at least 4 members (excludes halogenated alkanes) is 27. The number of phosphoric ester groups is 1. The van der Waals surface area contributed by atoms with Crippen molar-refractivity contribution in [2.45, 2.75) is 232 Å². The van der Waals surface area contributed by atoms with Gasteiger partial charge in [-0.1, -0.05) is 180 Å². The number of carbonyl (C=O) groups is 2. The van der Waals surface area contributed by atoms with Gasteiger partial charge in [0.15, 0.2) is 6.10 Å². The van der Waals surface area contributed by atoms with Gasteiger partial charge in [0, 0.05) is 12.8 Å². The standard InChI is InChI=1S/C44H85O10P/c1-3-5-7-9-11-13-15-17-19-20-21-22-24-26-28-30-32-34-36-44(48)54-42(40-53-55(49,50)52-38-41(46)37-45)39-51-43(47)35-33-31-29-27-25-23-18-16-14-12-10-8-6-4-2/h19-20,41-42,45-46H,3-18,21-40H2,1-2H3,(H,49,50)/b20-19-. The highest BCUT2D eigenvalue weighted by molar-refractivity contribution is 7.47. The molecule has 0 aliphatic heterocycles. The van der Waals surface area contributed by atoms with Crippen LogP contribution >= 0.6 is 7.82 Å². The number of aliphatic hydroxyl groups is 2. The molecular formula is C44H85O10P. The molecule has 0 aromatic heterocycles. The molecule has 0 amide bonds. The fourth-order valence-electron chi connectivity index (χ4n) is 6.40. The highest BCUT2D eigenvalue weighted by Gasteiger charge is 2.27. The summed E-state index contributed by atoms with van der Waals surface area (Å²) in [5.74, 6) is -0.918. The molecule has 3 N–H and O–H groups in total. The Bertz CT molecular complexity index is 930. The van der Waals surface area contributed by atoms with Gasteiger partial charge < -0.3 is 24.6 Å². The number of carbonyl (C=O) groups excluding carboxylic acids is 2. The molecule has 0 heterocycles. The first-order chi connectivity index (χ1) is 26.7. The Morgan fingerprint density at radius 2 is 0.891 bits per heavy atom. The molecule has 10 nitrogen and oxygen atoms in total. The van der Waals surface area contributed by atoms with Crippen LogP contribution in [0.1, 0.15) is 219 Å². The fraction of sp³-hybridized carbons (Fsp3) is 0.909. The van der Waals surface area contributed by atoms with E-state index < -0.39 is 51.8 Å². The number of hydrogen-bond acceptors (Lipinski definition) is 9. The van der Waals surface area contributed by atoms with E-state index in [1.54, 1.807) is 0 Å². The predicted octanol–water partition coefficient (Wildman–Crippen LogP) is 12.0. The number of esters is 2. The quantitative estimate of drug-likeness (QED) is 0.0235. The van der Waals surface area contributed by atoms with Crippen LogP contribution in [0, 0.1) is 0 Å². The zero-order chi connectivity index (χ0) is 40.5. The van der Waals surface area contributed by atoms with Crippen molar-refractivity contribution in [1.82, 2.24) is 0 Å². The molecule has 0 aromatic rings. The lowest BCUT2D eigenvalue weighted by Gasteiger charge is -2.20. The van der Waals surface area contributed by atoms with Crippen LogP contribution in [-0.2, 0) is 32.7 Å². The molecule has 3 unspecified atom stereocenters. The van der Waals surface area contributed by atoms with Crippen LogP contribution in [0.3, 0.4) is 0 Å². The van der Waals surface area contributed by atoms with E-state index in [2.05, 4.69) is 26.0 Å². The fourth-order valence-corrected chi connectivity index (χ4v) is 7.19. The second-order valence-corrected chi connectivity index (χ2v) is 16.9. The third-order valence-electron chi connectivity index (χ3n) is 9.92. The Hall–Kier alpha value is -1.29. The Kier molecular flexibility index (Phi) is 39.9. The van der Waals surface area contributed by atoms with E-state index in [0.717, 1.165) is 44.9 Å². The van der Waals surface area contributed by atoms with Gasteiger partial charge in [0.05, 0.1) is 19.8 Å². The summed E-state index contributed by atoms with van der Waals surface area (Å²) in [4.78, 5) is 35.0. The summed E-state index contributed by atoms with van der Waals surface area (Å²) in [6.07, 6.45) is 38.9. The summed E-state index contributed by atoms with van der Waals surface area (Å²) in [5.41, 5.74) is 0. The summed E-state index contributed by atoms with van der Waals surface area (Å²) in [6.45, 7) is 2.40. The molecule has 3 atom stereocenters. The van der Waals surface area contributed by atoms with Crippen molar-refractivity contribution in [3.63, 3.8) is 0 Å². The van der Waals surface area contributed by atoms with Crippen molar-refractivity contribution in [3.8, 4) is 0 Å². The van der Waals surface area contributed by atoms with E-state index in [1.165, 1.54) is 135 Å². The predicted molar refractivity (Wildman–Crippen MR) is 224 cm³/mol. The minimum Gasteiger partial charge on any atom is -0.462 e. The van der Waals surface area contributed by atoms with Gasteiger partial charge in [-0.3, -0.25) is 18.6 Å². The second-order valence-electron chi connectivity index (χ2n) is 15.4. The zero-order valence-corrected chi connectivity index (χ0v) is 36.3. The maximum Gasteiger partial charge on any atom is 0.472 e. The average Bonchev–Trinajstić information content (AvgIpc) is 3.17. The molecule has 0 aliphatic carbocycles. The van der Waals surface area contributed by atoms with Gasteiger partial charge in [-0.2, -0.15) is 0 Å². The van der Waals surface area contributed by atoms with Crippen molar-refractivity contribution >= 4 is 19.8 Å². The molecule has 0 aliphatic rings. The first kappa shape index (κ1) is 53.7. The minimum atomic E-state index is -4.61. The molecule has 0 aromatic carbocycles. The van der Waals surface area contributed by atoms with Crippen molar-refractivity contribution < 1.29 is 47.8 Å². The summed E-state index contributed by atoms with van der Waals surface area (Å²) >= 11 is 0. The maximum atomic E-state index is 12.6. The van der Waals surface area contributed by atoms with E-state index in [9.17, 15) is 24.2 Å². The Morgan fingerprint density at radius 1 is 0.527 bits per heavy atom. The van der Waals surface area contributed by atoms with Crippen molar-refractivity contribution in [2.75, 3.05) is 26.4 Å². The lowest BCUT2D eigenvalue weighted by molar-refractivity contribution is -0.161. The Labute approximate surface area is 336 Å². The van der Waals surface area contributed by atoms with E-state index in [-0.39, 0.29) is 19.4 Å². The number of rotatable bonds is 43. The van der Waals surface area contributed by atoms with Crippen LogP contribution in [0.4, 0.5) is 0 Å². The SMILES string of the molecule is CCCCCCCCC/C=C\CCCCCCCCCC(=O)OC(COC(=O)CCCCCCCCCCCCCCCC)COP(=O)(O)OCC(O)CO. The number of ether oxygens (including phenoxy) is 2. The highest BCUT2D eigenvalue weighted by atomic mass is 31.2. The average molecular weight is 805 g/mol. The van der Waals surface area contributed by atoms with E-state index in [4.69, 9.17) is 23.6 Å². The first-order valence-electron chi connectivity index (χ1n) is 22.6. The smallest absolute Gasteiger partial charge is 0.462 e. The first-order valence-corrected chi connectivity index (χ1v) is 24.1. The third kappa shape index (κ3) is 40.7. The van der Waals surface area contributed by atoms with Gasteiger partial charge >= 0.3 is 19.8 Å². The molecule has 0 radical (unpaired) electrons. The molecule has 55 heavy (non-hydrogen) atoms. The molecule has 0 saturated heterocycles. The van der Waals surface area contributed by atoms with Crippen molar-refractivity contribution in [1.29, 1.82) is 0 Å². The summed E-state index contributed by atoms with van der Waals surface area (Å²) in [6, 6.07) is 0. The van der Waals surface area contributed by atoms with Crippen LogP contribution in [0.2, 0.25) is 0 Å². The van der Waals surface area contributed by atoms with Gasteiger partial charge in [-0.05, 0) is 38.5 Å². The second kappa shape index (κ2) is 40.9. The van der Waals surface area contributed by atoms with Crippen LogP contribution in [0.25, 0.3) is 0 Å². The molecule has 11 heteroatoms. The third-order valence-corrected chi connectivity index (χ3v) is 10.9. The highest BCUT2D eigenvalue weighted by Crippen LogP contribution is 2.43. The lowest BCUT2D eigenvalue weighted by atomic mass is 10.0. The Balaban J connectivity index is 4.24. The summed E-state index contributed by atoms with van der Waals surface area (Å²) < 4.78 is 32.7. The van der Waals surface area contributed by atoms with E-state index in [0.29, 0.717) is 12.8 Å². The van der Waals surface area contributed by atoms with Crippen LogP contribution in [-0.4, -0.2) is 65.7 Å². The van der Waals surface area contributed by atoms with E-state index in [1.807, 2.05) is 0 Å². The molecule has 0 saturated carbocycles. The number of aliphatic hydroxyl groups excluding tert-OH is 2. The topological polar surface area (TPSA) is 149 Å². The largest absolute Gasteiger partial charge is 0.472 e. The zero-order valence-electron chi connectivity index (χ0n) is 35.4. The molecule has 0 rings (SSSR count). The monoisotopic (exact) mass is 805 g/mol. The van der Waals surface area contributed by atoms with Gasteiger partial charge in [0.25, 0.3) is 0 Å². The maximum absolute atomic E-state index is 12.6. The number of phosphoric acid groups is 1. The van der Waals surface area contributed by atoms with Gasteiger partial charge in [0.2, 0.25) is 0 Å². The molecule has 0 spiro atoms. The number of allylic oxidation sites excluding steroid dienone is 2. The van der Waals surface area contributed by atoms with Gasteiger partial charge in [0.1, 0.15) is 12.7 Å². The minimum absolute atomic E-state index is 0.184. The van der Waals surface area contributed by atoms with Crippen LogP contribution in [0.15, 0.2) is 12.2 Å². The van der Waals surface area contributed by atoms with Crippen molar-refractivity contribution in [3.05, 3.63) is 12.2 Å². The number of hydrogen-bond donors (Lipinski definition) is 3. The molecular weight excluding hydrogens is 719 g/mol. The normalized spacial score (nSPS) is 13.9. The Morgan fingerprint density at radius 3 is 1.31 bits per heavy atom. The van der Waals surface area contributed by atoms with Crippen molar-refractivity contribution in [2.24, 2.45) is 0 Å². The molecule has 0 fully saturated rings. The molecule has 326 valence electrons. The summed E-state index contributed by atoms with van der Waals surface area (Å²) in [7, 11) is -4.61. The molecule has 0 bridgehead atoms. The van der Waals surface area contributed by atoms with Gasteiger partial charge in [-0.25, -0.2) is 4.57 Å².